The van der Waals surface area contributed by atoms with Gasteiger partial charge in [-0.1, -0.05) is 17.7 Å². The fourth-order valence-electron chi connectivity index (χ4n) is 4.10. The summed E-state index contributed by atoms with van der Waals surface area (Å²) in [6.07, 6.45) is 2.46. The van der Waals surface area contributed by atoms with E-state index in [1.54, 1.807) is 7.11 Å². The van der Waals surface area contributed by atoms with E-state index in [1.807, 2.05) is 12.1 Å². The molecule has 0 amide bonds. The van der Waals surface area contributed by atoms with E-state index in [9.17, 15) is 0 Å². The number of ether oxygens (including phenoxy) is 1. The fourth-order valence-corrected chi connectivity index (χ4v) is 4.29. The summed E-state index contributed by atoms with van der Waals surface area (Å²) in [6.45, 7) is 12.1. The lowest BCUT2D eigenvalue weighted by Crippen LogP contribution is -2.52. The van der Waals surface area contributed by atoms with Gasteiger partial charge in [0.25, 0.3) is 0 Å². The molecule has 2 aliphatic rings. The molecule has 1 aromatic carbocycles. The molecule has 7 heteroatoms. The van der Waals surface area contributed by atoms with Crippen molar-refractivity contribution in [2.75, 3.05) is 77.5 Å². The number of anilines is 1. The van der Waals surface area contributed by atoms with Crippen LogP contribution in [0.25, 0.3) is 0 Å². The Morgan fingerprint density at radius 1 is 1.17 bits per heavy atom. The Morgan fingerprint density at radius 2 is 1.93 bits per heavy atom. The minimum Gasteiger partial charge on any atom is -0.383 e. The van der Waals surface area contributed by atoms with Crippen molar-refractivity contribution in [1.29, 1.82) is 0 Å². The number of hydrogen-bond donors (Lipinski definition) is 1. The summed E-state index contributed by atoms with van der Waals surface area (Å²) in [7, 11) is 1.78. The van der Waals surface area contributed by atoms with Crippen LogP contribution in [-0.4, -0.2) is 88.4 Å². The Balaban J connectivity index is 1.48. The fraction of sp³-hybridized carbons (Fsp3) is 0.682. The van der Waals surface area contributed by atoms with Crippen LogP contribution in [0.4, 0.5) is 5.69 Å². The van der Waals surface area contributed by atoms with Gasteiger partial charge in [0.2, 0.25) is 0 Å². The third-order valence-corrected chi connectivity index (χ3v) is 6.14. The molecule has 0 aromatic heterocycles. The minimum atomic E-state index is 0.690. The van der Waals surface area contributed by atoms with Crippen molar-refractivity contribution >= 4 is 23.2 Å². The molecule has 0 bridgehead atoms. The Bertz CT molecular complexity index is 640. The van der Waals surface area contributed by atoms with Crippen LogP contribution in [0.3, 0.4) is 0 Å². The van der Waals surface area contributed by atoms with Gasteiger partial charge in [0.05, 0.1) is 6.61 Å². The largest absolute Gasteiger partial charge is 0.383 e. The van der Waals surface area contributed by atoms with E-state index in [1.165, 1.54) is 31.6 Å². The van der Waals surface area contributed by atoms with Crippen molar-refractivity contribution in [3.8, 4) is 0 Å². The topological polar surface area (TPSA) is 43.3 Å². The van der Waals surface area contributed by atoms with Crippen LogP contribution in [0, 0.1) is 5.92 Å². The van der Waals surface area contributed by atoms with Crippen LogP contribution in [0.15, 0.2) is 29.3 Å². The lowest BCUT2D eigenvalue weighted by Gasteiger charge is -2.38. The first-order valence-electron chi connectivity index (χ1n) is 10.9. The molecule has 0 aliphatic carbocycles. The van der Waals surface area contributed by atoms with E-state index in [0.29, 0.717) is 5.92 Å². The molecule has 29 heavy (non-hydrogen) atoms. The standard InChI is InChI=1S/C22H36ClN5O/c1-3-24-22(25-18-19-7-9-26(10-8-19)15-16-29-2)28-13-11-27(12-14-28)21-6-4-5-20(23)17-21/h4-6,17,19H,3,7-16,18H2,1-2H3,(H,24,25). The second-order valence-electron chi connectivity index (χ2n) is 7.93. The number of halogens is 1. The maximum absolute atomic E-state index is 6.16. The first-order valence-corrected chi connectivity index (χ1v) is 11.3. The number of methoxy groups -OCH3 is 1. The van der Waals surface area contributed by atoms with Gasteiger partial charge >= 0.3 is 0 Å². The number of rotatable bonds is 7. The van der Waals surface area contributed by atoms with Gasteiger partial charge in [-0.05, 0) is 57.0 Å². The summed E-state index contributed by atoms with van der Waals surface area (Å²) in [5.74, 6) is 1.76. The average Bonchev–Trinajstić information content (AvgIpc) is 2.76. The maximum atomic E-state index is 6.16. The normalized spacial score (nSPS) is 19.6. The van der Waals surface area contributed by atoms with E-state index >= 15 is 0 Å². The van der Waals surface area contributed by atoms with E-state index < -0.39 is 0 Å². The highest BCUT2D eigenvalue weighted by Gasteiger charge is 2.22. The van der Waals surface area contributed by atoms with Crippen LogP contribution in [0.5, 0.6) is 0 Å². The van der Waals surface area contributed by atoms with Gasteiger partial charge in [-0.2, -0.15) is 0 Å². The predicted molar refractivity (Wildman–Crippen MR) is 122 cm³/mol. The SMILES string of the molecule is CCNC(=NCC1CCN(CCOC)CC1)N1CCN(c2cccc(Cl)c2)CC1. The van der Waals surface area contributed by atoms with Gasteiger partial charge < -0.3 is 24.8 Å². The van der Waals surface area contributed by atoms with E-state index in [-0.39, 0.29) is 0 Å². The minimum absolute atomic E-state index is 0.690. The van der Waals surface area contributed by atoms with Crippen LogP contribution >= 0.6 is 11.6 Å². The molecule has 2 saturated heterocycles. The first-order chi connectivity index (χ1) is 14.2. The zero-order valence-electron chi connectivity index (χ0n) is 17.9. The molecule has 2 heterocycles. The number of hydrogen-bond acceptors (Lipinski definition) is 4. The quantitative estimate of drug-likeness (QED) is 0.541. The summed E-state index contributed by atoms with van der Waals surface area (Å²) >= 11 is 6.16. The molecule has 1 N–H and O–H groups in total. The third-order valence-electron chi connectivity index (χ3n) is 5.91. The molecule has 1 aromatic rings. The number of piperazine rings is 1. The highest BCUT2D eigenvalue weighted by atomic mass is 35.5. The first kappa shape index (κ1) is 22.2. The highest BCUT2D eigenvalue weighted by molar-refractivity contribution is 6.30. The number of benzene rings is 1. The Morgan fingerprint density at radius 3 is 2.59 bits per heavy atom. The van der Waals surface area contributed by atoms with Gasteiger partial charge in [-0.25, -0.2) is 0 Å². The van der Waals surface area contributed by atoms with E-state index in [4.69, 9.17) is 21.3 Å². The number of guanidine groups is 1. The molecular weight excluding hydrogens is 386 g/mol. The number of likely N-dealkylation sites (tertiary alicyclic amines) is 1. The monoisotopic (exact) mass is 421 g/mol. The van der Waals surface area contributed by atoms with Gasteiger partial charge in [0, 0.05) is 63.6 Å². The molecule has 0 unspecified atom stereocenters. The Labute approximate surface area is 180 Å². The van der Waals surface area contributed by atoms with Crippen molar-refractivity contribution in [3.05, 3.63) is 29.3 Å². The molecular formula is C22H36ClN5O. The Kier molecular flexibility index (Phi) is 8.90. The van der Waals surface area contributed by atoms with Crippen LogP contribution in [0.2, 0.25) is 5.02 Å². The number of nitrogens with zero attached hydrogens (tertiary/aromatic N) is 4. The lowest BCUT2D eigenvalue weighted by molar-refractivity contribution is 0.121. The molecule has 2 fully saturated rings. The molecule has 0 radical (unpaired) electrons. The van der Waals surface area contributed by atoms with Gasteiger partial charge in [-0.3, -0.25) is 4.99 Å². The second-order valence-corrected chi connectivity index (χ2v) is 8.36. The van der Waals surface area contributed by atoms with Gasteiger partial charge in [-0.15, -0.1) is 0 Å². The van der Waals surface area contributed by atoms with Crippen molar-refractivity contribution in [2.45, 2.75) is 19.8 Å². The summed E-state index contributed by atoms with van der Waals surface area (Å²) in [6, 6.07) is 8.14. The summed E-state index contributed by atoms with van der Waals surface area (Å²) < 4.78 is 5.20. The lowest BCUT2D eigenvalue weighted by atomic mass is 9.97. The molecule has 162 valence electrons. The highest BCUT2D eigenvalue weighted by Crippen LogP contribution is 2.21. The third kappa shape index (κ3) is 6.76. The molecule has 0 atom stereocenters. The average molecular weight is 422 g/mol. The number of aliphatic imine (C=N–C) groups is 1. The number of piperidine rings is 1. The predicted octanol–water partition coefficient (Wildman–Crippen LogP) is 2.79. The molecule has 2 aliphatic heterocycles. The zero-order valence-corrected chi connectivity index (χ0v) is 18.7. The maximum Gasteiger partial charge on any atom is 0.194 e. The van der Waals surface area contributed by atoms with Crippen molar-refractivity contribution < 1.29 is 4.74 Å². The van der Waals surface area contributed by atoms with Gasteiger partial charge in [0.1, 0.15) is 0 Å². The summed E-state index contributed by atoms with van der Waals surface area (Å²) in [5.41, 5.74) is 1.21. The van der Waals surface area contributed by atoms with Crippen LogP contribution in [-0.2, 0) is 4.74 Å². The molecule has 6 nitrogen and oxygen atoms in total. The Hall–Kier alpha value is -1.50. The van der Waals surface area contributed by atoms with E-state index in [0.717, 1.165) is 63.4 Å². The summed E-state index contributed by atoms with van der Waals surface area (Å²) in [5, 5.41) is 4.30. The number of nitrogens with one attached hydrogen (secondary N) is 1. The smallest absolute Gasteiger partial charge is 0.194 e. The van der Waals surface area contributed by atoms with Crippen molar-refractivity contribution in [3.63, 3.8) is 0 Å². The van der Waals surface area contributed by atoms with Crippen molar-refractivity contribution in [2.24, 2.45) is 10.9 Å². The molecule has 3 rings (SSSR count). The summed E-state index contributed by atoms with van der Waals surface area (Å²) in [4.78, 5) is 12.3. The molecule has 0 spiro atoms. The van der Waals surface area contributed by atoms with Gasteiger partial charge in [0.15, 0.2) is 5.96 Å². The second kappa shape index (κ2) is 11.6. The zero-order chi connectivity index (χ0) is 20.5. The van der Waals surface area contributed by atoms with Crippen molar-refractivity contribution in [1.82, 2.24) is 15.1 Å². The molecule has 0 saturated carbocycles. The van der Waals surface area contributed by atoms with Crippen LogP contribution in [0.1, 0.15) is 19.8 Å². The van der Waals surface area contributed by atoms with Crippen LogP contribution < -0.4 is 10.2 Å². The van der Waals surface area contributed by atoms with E-state index in [2.05, 4.69) is 39.1 Å².